The summed E-state index contributed by atoms with van der Waals surface area (Å²) >= 11 is 0. The van der Waals surface area contributed by atoms with Gasteiger partial charge in [-0.05, 0) is 44.8 Å². The van der Waals surface area contributed by atoms with Gasteiger partial charge in [-0.3, -0.25) is 4.90 Å². The molecule has 114 valence electrons. The van der Waals surface area contributed by atoms with Crippen LogP contribution in [0.3, 0.4) is 0 Å². The molecule has 0 aliphatic carbocycles. The fourth-order valence-electron chi connectivity index (χ4n) is 3.45. The SMILES string of the molecule is C=CCN1CCC(NC2CCCOc3ccccc32)CC1. The number of ether oxygens (including phenoxy) is 1. The molecule has 21 heavy (non-hydrogen) atoms. The van der Waals surface area contributed by atoms with Crippen LogP contribution in [0.5, 0.6) is 5.75 Å². The Morgan fingerprint density at radius 1 is 1.24 bits per heavy atom. The normalized spacial score (nSPS) is 23.9. The van der Waals surface area contributed by atoms with Gasteiger partial charge < -0.3 is 10.1 Å². The number of nitrogens with zero attached hydrogens (tertiary/aromatic N) is 1. The van der Waals surface area contributed by atoms with Crippen LogP contribution in [0.25, 0.3) is 0 Å². The van der Waals surface area contributed by atoms with E-state index in [2.05, 4.69) is 41.1 Å². The molecule has 1 aromatic carbocycles. The van der Waals surface area contributed by atoms with E-state index in [1.54, 1.807) is 0 Å². The van der Waals surface area contributed by atoms with Crippen LogP contribution in [0.4, 0.5) is 0 Å². The van der Waals surface area contributed by atoms with Crippen molar-refractivity contribution in [1.82, 2.24) is 10.2 Å². The van der Waals surface area contributed by atoms with Crippen molar-refractivity contribution in [2.45, 2.75) is 37.8 Å². The fraction of sp³-hybridized carbons (Fsp3) is 0.556. The van der Waals surface area contributed by atoms with E-state index < -0.39 is 0 Å². The lowest BCUT2D eigenvalue weighted by molar-refractivity contribution is 0.205. The third-order valence-electron chi connectivity index (χ3n) is 4.60. The lowest BCUT2D eigenvalue weighted by Gasteiger charge is -2.34. The van der Waals surface area contributed by atoms with Crippen LogP contribution < -0.4 is 10.1 Å². The van der Waals surface area contributed by atoms with Gasteiger partial charge in [-0.25, -0.2) is 0 Å². The molecule has 3 heteroatoms. The number of likely N-dealkylation sites (tertiary alicyclic amines) is 1. The molecule has 3 nitrogen and oxygen atoms in total. The Morgan fingerprint density at radius 3 is 2.86 bits per heavy atom. The highest BCUT2D eigenvalue weighted by Crippen LogP contribution is 2.32. The molecule has 1 unspecified atom stereocenters. The average molecular weight is 286 g/mol. The molecule has 0 saturated carbocycles. The summed E-state index contributed by atoms with van der Waals surface area (Å²) in [5.74, 6) is 1.07. The molecular weight excluding hydrogens is 260 g/mol. The van der Waals surface area contributed by atoms with E-state index in [4.69, 9.17) is 4.74 Å². The quantitative estimate of drug-likeness (QED) is 0.861. The smallest absolute Gasteiger partial charge is 0.124 e. The molecule has 1 aromatic rings. The maximum absolute atomic E-state index is 5.86. The summed E-state index contributed by atoms with van der Waals surface area (Å²) in [6, 6.07) is 9.57. The topological polar surface area (TPSA) is 24.5 Å². The van der Waals surface area contributed by atoms with Crippen molar-refractivity contribution in [3.05, 3.63) is 42.5 Å². The lowest BCUT2D eigenvalue weighted by Crippen LogP contribution is -2.43. The molecule has 1 N–H and O–H groups in total. The van der Waals surface area contributed by atoms with Crippen molar-refractivity contribution in [2.75, 3.05) is 26.2 Å². The molecule has 1 atom stereocenters. The Hall–Kier alpha value is -1.32. The van der Waals surface area contributed by atoms with E-state index in [9.17, 15) is 0 Å². The number of rotatable bonds is 4. The standard InChI is InChI=1S/C18H26N2O/c1-2-11-20-12-9-15(10-13-20)19-17-7-5-14-21-18-8-4-3-6-16(17)18/h2-4,6,8,15,17,19H,1,5,7,9-14H2. The second-order valence-corrected chi connectivity index (χ2v) is 6.11. The van der Waals surface area contributed by atoms with Gasteiger partial charge in [0, 0.05) is 24.2 Å². The van der Waals surface area contributed by atoms with Crippen LogP contribution in [-0.2, 0) is 0 Å². The monoisotopic (exact) mass is 286 g/mol. The Kier molecular flexibility index (Phi) is 4.94. The summed E-state index contributed by atoms with van der Waals surface area (Å²) in [6.45, 7) is 8.04. The summed E-state index contributed by atoms with van der Waals surface area (Å²) in [4.78, 5) is 2.48. The first-order chi connectivity index (χ1) is 10.4. The van der Waals surface area contributed by atoms with Gasteiger partial charge in [-0.1, -0.05) is 24.3 Å². The van der Waals surface area contributed by atoms with E-state index >= 15 is 0 Å². The third kappa shape index (κ3) is 3.66. The first-order valence-electron chi connectivity index (χ1n) is 8.18. The zero-order valence-corrected chi connectivity index (χ0v) is 12.8. The second kappa shape index (κ2) is 7.10. The number of hydrogen-bond acceptors (Lipinski definition) is 3. The third-order valence-corrected chi connectivity index (χ3v) is 4.60. The Morgan fingerprint density at radius 2 is 2.05 bits per heavy atom. The highest BCUT2D eigenvalue weighted by atomic mass is 16.5. The van der Waals surface area contributed by atoms with Crippen LogP contribution >= 0.6 is 0 Å². The van der Waals surface area contributed by atoms with E-state index in [1.807, 2.05) is 6.08 Å². The largest absolute Gasteiger partial charge is 0.493 e. The highest BCUT2D eigenvalue weighted by Gasteiger charge is 2.24. The van der Waals surface area contributed by atoms with Crippen molar-refractivity contribution < 1.29 is 4.74 Å². The second-order valence-electron chi connectivity index (χ2n) is 6.11. The van der Waals surface area contributed by atoms with E-state index in [0.717, 1.165) is 25.3 Å². The molecule has 2 aliphatic rings. The number of hydrogen-bond donors (Lipinski definition) is 1. The molecular formula is C18H26N2O. The maximum Gasteiger partial charge on any atom is 0.124 e. The van der Waals surface area contributed by atoms with Crippen LogP contribution in [-0.4, -0.2) is 37.2 Å². The van der Waals surface area contributed by atoms with Gasteiger partial charge >= 0.3 is 0 Å². The predicted octanol–water partition coefficient (Wildman–Crippen LogP) is 3.14. The summed E-state index contributed by atoms with van der Waals surface area (Å²) in [6.07, 6.45) is 6.76. The molecule has 0 amide bonds. The first kappa shape index (κ1) is 14.6. The van der Waals surface area contributed by atoms with Crippen molar-refractivity contribution >= 4 is 0 Å². The molecule has 3 rings (SSSR count). The molecule has 2 heterocycles. The minimum Gasteiger partial charge on any atom is -0.493 e. The van der Waals surface area contributed by atoms with Gasteiger partial charge in [0.25, 0.3) is 0 Å². The van der Waals surface area contributed by atoms with Crippen molar-refractivity contribution in [1.29, 1.82) is 0 Å². The molecule has 0 spiro atoms. The molecule has 2 aliphatic heterocycles. The van der Waals surface area contributed by atoms with Gasteiger partial charge in [0.1, 0.15) is 5.75 Å². The number of para-hydroxylation sites is 1. The van der Waals surface area contributed by atoms with Gasteiger partial charge in [0.05, 0.1) is 6.61 Å². The molecule has 0 aromatic heterocycles. The van der Waals surface area contributed by atoms with E-state index in [-0.39, 0.29) is 0 Å². The van der Waals surface area contributed by atoms with Crippen molar-refractivity contribution in [3.63, 3.8) is 0 Å². The summed E-state index contributed by atoms with van der Waals surface area (Å²) in [5.41, 5.74) is 1.34. The van der Waals surface area contributed by atoms with Gasteiger partial charge in [0.15, 0.2) is 0 Å². The van der Waals surface area contributed by atoms with Crippen LogP contribution in [0.1, 0.15) is 37.3 Å². The van der Waals surface area contributed by atoms with E-state index in [1.165, 1.54) is 37.9 Å². The number of nitrogens with one attached hydrogen (secondary N) is 1. The van der Waals surface area contributed by atoms with Crippen molar-refractivity contribution in [2.24, 2.45) is 0 Å². The Labute approximate surface area is 128 Å². The van der Waals surface area contributed by atoms with Crippen LogP contribution in [0.15, 0.2) is 36.9 Å². The summed E-state index contributed by atoms with van der Waals surface area (Å²) < 4.78 is 5.86. The molecule has 1 saturated heterocycles. The Balaban J connectivity index is 1.61. The Bertz CT molecular complexity index is 466. The fourth-order valence-corrected chi connectivity index (χ4v) is 3.45. The predicted molar refractivity (Wildman–Crippen MR) is 86.7 cm³/mol. The number of benzene rings is 1. The zero-order chi connectivity index (χ0) is 14.5. The average Bonchev–Trinajstić information content (AvgIpc) is 2.72. The summed E-state index contributed by atoms with van der Waals surface area (Å²) in [5, 5.41) is 3.88. The lowest BCUT2D eigenvalue weighted by atomic mass is 9.98. The molecule has 0 radical (unpaired) electrons. The number of fused-ring (bicyclic) bond motifs is 1. The summed E-state index contributed by atoms with van der Waals surface area (Å²) in [7, 11) is 0. The van der Waals surface area contributed by atoms with E-state index in [0.29, 0.717) is 12.1 Å². The minimum absolute atomic E-state index is 0.444. The molecule has 1 fully saturated rings. The van der Waals surface area contributed by atoms with Crippen molar-refractivity contribution in [3.8, 4) is 5.75 Å². The highest BCUT2D eigenvalue weighted by molar-refractivity contribution is 5.36. The van der Waals surface area contributed by atoms with Gasteiger partial charge in [-0.15, -0.1) is 6.58 Å². The first-order valence-corrected chi connectivity index (χ1v) is 8.18. The molecule has 0 bridgehead atoms. The minimum atomic E-state index is 0.444. The number of piperidine rings is 1. The zero-order valence-electron chi connectivity index (χ0n) is 12.8. The van der Waals surface area contributed by atoms with Crippen LogP contribution in [0.2, 0.25) is 0 Å². The van der Waals surface area contributed by atoms with Gasteiger partial charge in [-0.2, -0.15) is 0 Å². The van der Waals surface area contributed by atoms with Crippen LogP contribution in [0, 0.1) is 0 Å². The van der Waals surface area contributed by atoms with Gasteiger partial charge in [0.2, 0.25) is 0 Å². The maximum atomic E-state index is 5.86.